The lowest BCUT2D eigenvalue weighted by Crippen LogP contribution is -2.20. The molecule has 1 aromatic heterocycles. The molecule has 0 bridgehead atoms. The van der Waals surface area contributed by atoms with Gasteiger partial charge in [0, 0.05) is 6.07 Å². The summed E-state index contributed by atoms with van der Waals surface area (Å²) in [5.74, 6) is 0. The molecule has 1 atom stereocenters. The number of carbonyl (C=O) groups is 1. The molecule has 2 aromatic rings. The van der Waals surface area contributed by atoms with Crippen molar-refractivity contribution in [1.29, 1.82) is 0 Å². The molecule has 0 saturated carbocycles. The van der Waals surface area contributed by atoms with Gasteiger partial charge in [-0.15, -0.1) is 0 Å². The van der Waals surface area contributed by atoms with Crippen LogP contribution in [-0.4, -0.2) is 25.1 Å². The van der Waals surface area contributed by atoms with Crippen LogP contribution >= 0.6 is 0 Å². The molecule has 1 aromatic carbocycles. The number of hydrogen-bond acceptors (Lipinski definition) is 4. The van der Waals surface area contributed by atoms with Gasteiger partial charge in [-0.3, -0.25) is 0 Å². The number of benzene rings is 1. The second-order valence-electron chi connectivity index (χ2n) is 4.87. The Balaban J connectivity index is 0.000000541. The van der Waals surface area contributed by atoms with Gasteiger partial charge in [0.2, 0.25) is 0 Å². The summed E-state index contributed by atoms with van der Waals surface area (Å²) in [6, 6.07) is 10.0. The molecule has 8 nitrogen and oxygen atoms in total. The fourth-order valence-corrected chi connectivity index (χ4v) is 2.05. The molecule has 0 fully saturated rings. The Bertz CT molecular complexity index is 660. The Kier molecular flexibility index (Phi) is 5.80. The molecule has 120 valence electrons. The van der Waals surface area contributed by atoms with Crippen molar-refractivity contribution in [2.45, 2.75) is 24.5 Å². The number of primary amides is 2. The molecule has 0 aliphatic heterocycles. The highest BCUT2D eigenvalue weighted by atomic mass is 32.2. The van der Waals surface area contributed by atoms with Crippen molar-refractivity contribution in [2.24, 2.45) is 16.6 Å². The van der Waals surface area contributed by atoms with Crippen molar-refractivity contribution in [3.05, 3.63) is 42.1 Å². The number of nitrogens with two attached hydrogens (primary N) is 3. The highest BCUT2D eigenvalue weighted by molar-refractivity contribution is 7.82. The minimum absolute atomic E-state index is 0.246. The number of urea groups is 1. The van der Waals surface area contributed by atoms with E-state index in [2.05, 4.69) is 16.6 Å². The van der Waals surface area contributed by atoms with E-state index in [0.717, 1.165) is 5.69 Å². The van der Waals surface area contributed by atoms with Crippen molar-refractivity contribution in [2.75, 3.05) is 0 Å². The Morgan fingerprint density at radius 1 is 1.27 bits per heavy atom. The third-order valence-corrected chi connectivity index (χ3v) is 3.13. The maximum absolute atomic E-state index is 11.3. The van der Waals surface area contributed by atoms with Gasteiger partial charge in [-0.05, 0) is 26.0 Å². The first-order valence-corrected chi connectivity index (χ1v) is 7.43. The van der Waals surface area contributed by atoms with E-state index < -0.39 is 22.6 Å². The number of amides is 2. The lowest BCUT2D eigenvalue weighted by molar-refractivity contribution is 0.0711. The molecule has 0 spiro atoms. The van der Waals surface area contributed by atoms with Crippen molar-refractivity contribution < 1.29 is 14.1 Å². The third kappa shape index (κ3) is 4.95. The molecule has 2 amide bonds. The Hall–Kier alpha value is -2.23. The van der Waals surface area contributed by atoms with E-state index in [1.807, 2.05) is 30.3 Å². The predicted octanol–water partition coefficient (Wildman–Crippen LogP) is 0.105. The lowest BCUT2D eigenvalue weighted by atomic mass is 10.1. The van der Waals surface area contributed by atoms with Crippen molar-refractivity contribution in [3.63, 3.8) is 0 Å². The number of aromatic nitrogens is 2. The van der Waals surface area contributed by atoms with Crippen LogP contribution in [0.4, 0.5) is 4.79 Å². The van der Waals surface area contributed by atoms with Crippen LogP contribution < -0.4 is 16.6 Å². The quantitative estimate of drug-likeness (QED) is 0.633. The van der Waals surface area contributed by atoms with Gasteiger partial charge in [-0.2, -0.15) is 5.10 Å². The summed E-state index contributed by atoms with van der Waals surface area (Å²) in [5, 5.41) is 19.9. The molecule has 1 unspecified atom stereocenters. The Labute approximate surface area is 130 Å². The molecule has 1 heterocycles. The van der Waals surface area contributed by atoms with Crippen LogP contribution in [-0.2, 0) is 16.6 Å². The van der Waals surface area contributed by atoms with Gasteiger partial charge in [0.25, 0.3) is 0 Å². The summed E-state index contributed by atoms with van der Waals surface area (Å²) in [6.07, 6.45) is 0. The Morgan fingerprint density at radius 2 is 1.77 bits per heavy atom. The largest absolute Gasteiger partial charge is 0.384 e. The SMILES string of the molecule is CC(C)(O)c1cc(S(N)=O)nn1-c1ccccc1.NC(N)=O. The molecule has 0 aliphatic rings. The van der Waals surface area contributed by atoms with E-state index in [1.165, 1.54) is 0 Å². The van der Waals surface area contributed by atoms with Crippen LogP contribution in [0.15, 0.2) is 41.4 Å². The zero-order valence-electron chi connectivity index (χ0n) is 12.3. The minimum atomic E-state index is -1.67. The summed E-state index contributed by atoms with van der Waals surface area (Å²) < 4.78 is 12.9. The topological polar surface area (TPSA) is 150 Å². The van der Waals surface area contributed by atoms with E-state index >= 15 is 0 Å². The van der Waals surface area contributed by atoms with Gasteiger partial charge in [0.05, 0.1) is 11.4 Å². The van der Waals surface area contributed by atoms with Crippen LogP contribution in [0.3, 0.4) is 0 Å². The van der Waals surface area contributed by atoms with E-state index in [9.17, 15) is 9.32 Å². The van der Waals surface area contributed by atoms with Crippen molar-refractivity contribution in [3.8, 4) is 5.69 Å². The first-order chi connectivity index (χ1) is 10.1. The number of para-hydroxylation sites is 1. The fourth-order valence-electron chi connectivity index (χ4n) is 1.66. The minimum Gasteiger partial charge on any atom is -0.384 e. The zero-order valence-corrected chi connectivity index (χ0v) is 13.1. The van der Waals surface area contributed by atoms with Gasteiger partial charge in [0.1, 0.15) is 16.6 Å². The molecule has 0 aliphatic carbocycles. The summed E-state index contributed by atoms with van der Waals surface area (Å²) in [5.41, 5.74) is 8.73. The molecule has 0 saturated heterocycles. The summed E-state index contributed by atoms with van der Waals surface area (Å²) in [7, 11) is -1.67. The summed E-state index contributed by atoms with van der Waals surface area (Å²) >= 11 is 0. The van der Waals surface area contributed by atoms with Gasteiger partial charge >= 0.3 is 6.03 Å². The first kappa shape index (κ1) is 17.8. The molecule has 0 radical (unpaired) electrons. The molecule has 2 rings (SSSR count). The summed E-state index contributed by atoms with van der Waals surface area (Å²) in [4.78, 5) is 9.00. The molecular formula is C13H19N5O3S. The number of hydrogen-bond donors (Lipinski definition) is 4. The van der Waals surface area contributed by atoms with Crippen molar-refractivity contribution >= 4 is 17.0 Å². The number of carbonyl (C=O) groups excluding carboxylic acids is 1. The third-order valence-electron chi connectivity index (χ3n) is 2.52. The standard InChI is InChI=1S/C12H15N3O2S.CH4N2O/c1-12(2,16)10-8-11(18(13)17)14-15(10)9-6-4-3-5-7-9;2-1(3)4/h3-8,16H,13H2,1-2H3;(H4,2,3,4). The van der Waals surface area contributed by atoms with Crippen LogP contribution in [0.25, 0.3) is 5.69 Å². The van der Waals surface area contributed by atoms with Gasteiger partial charge in [-0.25, -0.2) is 18.8 Å². The van der Waals surface area contributed by atoms with Crippen LogP contribution in [0.5, 0.6) is 0 Å². The van der Waals surface area contributed by atoms with Gasteiger partial charge < -0.3 is 16.6 Å². The number of rotatable bonds is 3. The Morgan fingerprint density at radius 3 is 2.18 bits per heavy atom. The molecule has 9 heteroatoms. The highest BCUT2D eigenvalue weighted by Crippen LogP contribution is 2.24. The van der Waals surface area contributed by atoms with Gasteiger partial charge in [0.15, 0.2) is 5.03 Å². The normalized spacial score (nSPS) is 12.2. The molecule has 7 N–H and O–H groups in total. The second kappa shape index (κ2) is 7.16. The maximum Gasteiger partial charge on any atom is 0.309 e. The fraction of sp³-hybridized carbons (Fsp3) is 0.231. The zero-order chi connectivity index (χ0) is 16.9. The summed E-state index contributed by atoms with van der Waals surface area (Å²) in [6.45, 7) is 3.29. The molecule has 22 heavy (non-hydrogen) atoms. The average molecular weight is 325 g/mol. The maximum atomic E-state index is 11.3. The highest BCUT2D eigenvalue weighted by Gasteiger charge is 2.24. The smallest absolute Gasteiger partial charge is 0.309 e. The molecular weight excluding hydrogens is 306 g/mol. The lowest BCUT2D eigenvalue weighted by Gasteiger charge is -2.18. The average Bonchev–Trinajstić information content (AvgIpc) is 2.84. The number of aliphatic hydroxyl groups is 1. The van der Waals surface area contributed by atoms with Crippen LogP contribution in [0.2, 0.25) is 0 Å². The van der Waals surface area contributed by atoms with E-state index in [-0.39, 0.29) is 5.03 Å². The number of nitrogens with zero attached hydrogens (tertiary/aromatic N) is 2. The van der Waals surface area contributed by atoms with E-state index in [1.54, 1.807) is 24.6 Å². The first-order valence-electron chi connectivity index (χ1n) is 6.22. The van der Waals surface area contributed by atoms with E-state index in [4.69, 9.17) is 9.93 Å². The van der Waals surface area contributed by atoms with Crippen LogP contribution in [0, 0.1) is 0 Å². The van der Waals surface area contributed by atoms with Crippen molar-refractivity contribution in [1.82, 2.24) is 9.78 Å². The van der Waals surface area contributed by atoms with Crippen LogP contribution in [0.1, 0.15) is 19.5 Å². The van der Waals surface area contributed by atoms with E-state index in [0.29, 0.717) is 5.69 Å². The van der Waals surface area contributed by atoms with Gasteiger partial charge in [-0.1, -0.05) is 18.2 Å². The predicted molar refractivity (Wildman–Crippen MR) is 83.2 cm³/mol. The monoisotopic (exact) mass is 325 g/mol. The second-order valence-corrected chi connectivity index (χ2v) is 5.89.